The number of rotatable bonds is 38. The van der Waals surface area contributed by atoms with Crippen LogP contribution in [0.15, 0.2) is 64.6 Å². The van der Waals surface area contributed by atoms with E-state index in [-0.39, 0.29) is 0 Å². The van der Waals surface area contributed by atoms with Gasteiger partial charge in [-0.2, -0.15) is 0 Å². The maximum absolute atomic E-state index is 5.41. The summed E-state index contributed by atoms with van der Waals surface area (Å²) in [4.78, 5) is 10.6. The van der Waals surface area contributed by atoms with Gasteiger partial charge < -0.3 is 0 Å². The summed E-state index contributed by atoms with van der Waals surface area (Å²) in [7, 11) is 0. The Bertz CT molecular complexity index is 1290. The molecule has 0 aromatic heterocycles. The molecular formula is C55H90N2. The monoisotopic (exact) mass is 779 g/mol. The molecular weight excluding hydrogens is 689 g/mol. The third kappa shape index (κ3) is 29.2. The minimum atomic E-state index is 0.971. The lowest BCUT2D eigenvalue weighted by Crippen LogP contribution is -2.14. The van der Waals surface area contributed by atoms with Crippen LogP contribution in [0.4, 0.5) is 11.4 Å². The third-order valence-corrected chi connectivity index (χ3v) is 11.7. The summed E-state index contributed by atoms with van der Waals surface area (Å²) in [6.45, 7) is 6.87. The van der Waals surface area contributed by atoms with Crippen LogP contribution >= 0.6 is 0 Å². The number of hydrogen-bond donors (Lipinski definition) is 0. The Hall–Kier alpha value is -2.66. The largest absolute Gasteiger partial charge is 0.252 e. The Kier molecular flexibility index (Phi) is 34.4. The number of unbranched alkanes of at least 4 members (excludes halogenated alkanes) is 29. The molecule has 0 radical (unpaired) electrons. The molecule has 2 aromatic carbocycles. The third-order valence-electron chi connectivity index (χ3n) is 11.7. The fraction of sp³-hybridized carbons (Fsp3) is 0.709. The zero-order valence-electron chi connectivity index (χ0n) is 38.0. The van der Waals surface area contributed by atoms with Crippen molar-refractivity contribution in [3.8, 4) is 11.8 Å². The SMILES string of the molecule is CCCCCCCCCCCCCCCCCCCCCCCCC#CCCCc1ccccc1N=C(CCCCCCCC)C(CCCC)=Nc1ccccc1. The topological polar surface area (TPSA) is 24.7 Å². The van der Waals surface area contributed by atoms with Gasteiger partial charge in [0.15, 0.2) is 0 Å². The van der Waals surface area contributed by atoms with Crippen LogP contribution < -0.4 is 0 Å². The van der Waals surface area contributed by atoms with Gasteiger partial charge in [0, 0.05) is 12.8 Å². The van der Waals surface area contributed by atoms with Crippen molar-refractivity contribution in [1.82, 2.24) is 0 Å². The number of hydrogen-bond acceptors (Lipinski definition) is 2. The quantitative estimate of drug-likeness (QED) is 0.0368. The molecule has 0 amide bonds. The smallest absolute Gasteiger partial charge is 0.0665 e. The Morgan fingerprint density at radius 3 is 1.26 bits per heavy atom. The second-order valence-electron chi connectivity index (χ2n) is 17.1. The zero-order valence-corrected chi connectivity index (χ0v) is 38.0. The molecule has 0 unspecified atom stereocenters. The summed E-state index contributed by atoms with van der Waals surface area (Å²) in [6, 6.07) is 19.3. The van der Waals surface area contributed by atoms with E-state index in [1.807, 2.05) is 0 Å². The average Bonchev–Trinajstić information content (AvgIpc) is 3.23. The first-order valence-electron chi connectivity index (χ1n) is 25.0. The molecule has 0 saturated heterocycles. The summed E-state index contributed by atoms with van der Waals surface area (Å²) in [5.74, 6) is 6.98. The molecule has 0 saturated carbocycles. The predicted molar refractivity (Wildman–Crippen MR) is 257 cm³/mol. The maximum Gasteiger partial charge on any atom is 0.0665 e. The second-order valence-corrected chi connectivity index (χ2v) is 17.1. The van der Waals surface area contributed by atoms with Crippen molar-refractivity contribution in [3.63, 3.8) is 0 Å². The van der Waals surface area contributed by atoms with Crippen LogP contribution in [0.5, 0.6) is 0 Å². The van der Waals surface area contributed by atoms with Gasteiger partial charge in [-0.3, -0.25) is 9.98 Å². The molecule has 0 N–H and O–H groups in total. The first-order valence-corrected chi connectivity index (χ1v) is 25.0. The lowest BCUT2D eigenvalue weighted by Gasteiger charge is -2.13. The standard InChI is InChI=1S/C55H90N2/c1-4-7-10-12-14-15-16-17-18-19-20-21-22-23-24-25-26-27-28-29-30-31-32-33-34-35-38-44-51-45-42-43-49-53(51)57-55(50-41-36-13-11-8-5-2)54(48-9-6-3)56-52-46-39-37-40-47-52/h37,39-40,42-43,45-47,49H,4-32,35-36,38,41,44,48,50H2,1-3H3. The van der Waals surface area contributed by atoms with Gasteiger partial charge in [-0.15, -0.1) is 11.8 Å². The molecule has 0 aliphatic carbocycles. The van der Waals surface area contributed by atoms with Gasteiger partial charge >= 0.3 is 0 Å². The fourth-order valence-corrected chi connectivity index (χ4v) is 7.95. The summed E-state index contributed by atoms with van der Waals surface area (Å²) >= 11 is 0. The van der Waals surface area contributed by atoms with E-state index in [2.05, 4.69) is 87.2 Å². The Morgan fingerprint density at radius 1 is 0.368 bits per heavy atom. The highest BCUT2D eigenvalue weighted by molar-refractivity contribution is 6.43. The highest BCUT2D eigenvalue weighted by atomic mass is 14.8. The molecule has 320 valence electrons. The van der Waals surface area contributed by atoms with Crippen molar-refractivity contribution in [1.29, 1.82) is 0 Å². The molecule has 2 nitrogen and oxygen atoms in total. The molecule has 0 bridgehead atoms. The summed E-state index contributed by atoms with van der Waals surface area (Å²) in [5, 5.41) is 0. The van der Waals surface area contributed by atoms with Crippen molar-refractivity contribution < 1.29 is 0 Å². The second kappa shape index (κ2) is 38.8. The number of aliphatic imine (C=N–C) groups is 2. The van der Waals surface area contributed by atoms with E-state index < -0.39 is 0 Å². The summed E-state index contributed by atoms with van der Waals surface area (Å²) < 4.78 is 0. The predicted octanol–water partition coefficient (Wildman–Crippen LogP) is 18.8. The number of nitrogens with zero attached hydrogens (tertiary/aromatic N) is 2. The summed E-state index contributed by atoms with van der Waals surface area (Å²) in [5.41, 5.74) is 5.86. The molecule has 0 heterocycles. The first kappa shape index (κ1) is 50.5. The Labute approximate surface area is 355 Å². The first-order chi connectivity index (χ1) is 28.3. The fourth-order valence-electron chi connectivity index (χ4n) is 7.95. The molecule has 0 spiro atoms. The van der Waals surface area contributed by atoms with Gasteiger partial charge in [-0.05, 0) is 68.7 Å². The maximum atomic E-state index is 5.41. The number of benzene rings is 2. The summed E-state index contributed by atoms with van der Waals surface area (Å²) in [6.07, 6.45) is 47.8. The van der Waals surface area contributed by atoms with E-state index in [1.54, 1.807) is 0 Å². The van der Waals surface area contributed by atoms with Crippen molar-refractivity contribution in [2.24, 2.45) is 9.98 Å². The molecule has 0 aliphatic heterocycles. The minimum Gasteiger partial charge on any atom is -0.252 e. The van der Waals surface area contributed by atoms with Crippen molar-refractivity contribution in [2.45, 2.75) is 252 Å². The van der Waals surface area contributed by atoms with Crippen molar-refractivity contribution in [3.05, 3.63) is 60.2 Å². The molecule has 2 heteroatoms. The highest BCUT2D eigenvalue weighted by Gasteiger charge is 2.12. The van der Waals surface area contributed by atoms with Crippen molar-refractivity contribution >= 4 is 22.8 Å². The van der Waals surface area contributed by atoms with Crippen molar-refractivity contribution in [2.75, 3.05) is 0 Å². The highest BCUT2D eigenvalue weighted by Crippen LogP contribution is 2.24. The van der Waals surface area contributed by atoms with Gasteiger partial charge in [0.2, 0.25) is 0 Å². The molecule has 2 aromatic rings. The Morgan fingerprint density at radius 2 is 0.754 bits per heavy atom. The van der Waals surface area contributed by atoms with E-state index in [1.165, 1.54) is 197 Å². The molecule has 2 rings (SSSR count). The molecule has 0 fully saturated rings. The van der Waals surface area contributed by atoms with E-state index >= 15 is 0 Å². The van der Waals surface area contributed by atoms with Gasteiger partial charge in [0.1, 0.15) is 0 Å². The normalized spacial score (nSPS) is 11.9. The van der Waals surface area contributed by atoms with Gasteiger partial charge in [-0.1, -0.05) is 231 Å². The lowest BCUT2D eigenvalue weighted by atomic mass is 10.0. The van der Waals surface area contributed by atoms with Crippen LogP contribution in [0.1, 0.15) is 251 Å². The molecule has 0 aliphatic rings. The van der Waals surface area contributed by atoms with E-state index in [9.17, 15) is 0 Å². The molecule has 0 atom stereocenters. The van der Waals surface area contributed by atoms with Crippen LogP contribution in [0.2, 0.25) is 0 Å². The Balaban J connectivity index is 1.61. The van der Waals surface area contributed by atoms with Gasteiger partial charge in [0.25, 0.3) is 0 Å². The van der Waals surface area contributed by atoms with E-state index in [0.29, 0.717) is 0 Å². The lowest BCUT2D eigenvalue weighted by molar-refractivity contribution is 0.519. The van der Waals surface area contributed by atoms with E-state index in [0.717, 1.165) is 62.7 Å². The number of aryl methyl sites for hydroxylation is 1. The van der Waals surface area contributed by atoms with Crippen LogP contribution in [0, 0.1) is 11.8 Å². The average molecular weight is 779 g/mol. The van der Waals surface area contributed by atoms with Crippen LogP contribution in [0.3, 0.4) is 0 Å². The van der Waals surface area contributed by atoms with Crippen LogP contribution in [0.25, 0.3) is 0 Å². The van der Waals surface area contributed by atoms with Crippen LogP contribution in [-0.4, -0.2) is 11.4 Å². The van der Waals surface area contributed by atoms with E-state index in [4.69, 9.17) is 9.98 Å². The van der Waals surface area contributed by atoms with Gasteiger partial charge in [-0.25, -0.2) is 0 Å². The molecule has 57 heavy (non-hydrogen) atoms. The zero-order chi connectivity index (χ0) is 40.5. The minimum absolute atomic E-state index is 0.971. The number of para-hydroxylation sites is 2. The van der Waals surface area contributed by atoms with Gasteiger partial charge in [0.05, 0.1) is 22.8 Å². The van der Waals surface area contributed by atoms with Crippen LogP contribution in [-0.2, 0) is 6.42 Å².